The van der Waals surface area contributed by atoms with Gasteiger partial charge in [0.25, 0.3) is 0 Å². The molecule has 15 heavy (non-hydrogen) atoms. The molecule has 2 rings (SSSR count). The maximum atomic E-state index is 12.0. The summed E-state index contributed by atoms with van der Waals surface area (Å²) in [5.74, 6) is 0. The lowest BCUT2D eigenvalue weighted by atomic mass is 10.1. The van der Waals surface area contributed by atoms with Crippen LogP contribution >= 0.6 is 15.9 Å². The summed E-state index contributed by atoms with van der Waals surface area (Å²) in [6.45, 7) is 2.07. The number of hydrogen-bond donors (Lipinski definition) is 1. The van der Waals surface area contributed by atoms with Gasteiger partial charge in [-0.2, -0.15) is 0 Å². The van der Waals surface area contributed by atoms with Crippen LogP contribution in [0.5, 0.6) is 0 Å². The van der Waals surface area contributed by atoms with Crippen molar-refractivity contribution in [3.8, 4) is 0 Å². The molecule has 0 fully saturated rings. The van der Waals surface area contributed by atoms with E-state index >= 15 is 0 Å². The largest absolute Gasteiger partial charge is 0.361 e. The lowest BCUT2D eigenvalue weighted by Gasteiger charge is -2.02. The smallest absolute Gasteiger partial charge is 0.192 e. The molecular weight excluding hydrogens is 254 g/mol. The van der Waals surface area contributed by atoms with Crippen molar-refractivity contribution in [3.05, 3.63) is 44.7 Å². The Balaban J connectivity index is 2.71. The molecule has 0 unspecified atom stereocenters. The zero-order valence-corrected chi connectivity index (χ0v) is 10.1. The molecular formula is C12H12BrNO. The summed E-state index contributed by atoms with van der Waals surface area (Å²) in [4.78, 5) is 15.2. The highest BCUT2D eigenvalue weighted by atomic mass is 79.9. The quantitative estimate of drug-likeness (QED) is 0.889. The van der Waals surface area contributed by atoms with Gasteiger partial charge in [-0.1, -0.05) is 29.3 Å². The van der Waals surface area contributed by atoms with Gasteiger partial charge in [0, 0.05) is 27.1 Å². The summed E-state index contributed by atoms with van der Waals surface area (Å²) in [5, 5.41) is 0.760. The standard InChI is InChI=1S/C12H12BrNO/c1-2-3-8-7-14-11-5-4-9(13)6-10(11)12(8)15/h4-7H,2-3H2,1H3,(H,14,15). The number of fused-ring (bicyclic) bond motifs is 1. The van der Waals surface area contributed by atoms with Gasteiger partial charge in [0.05, 0.1) is 0 Å². The Hall–Kier alpha value is -1.09. The van der Waals surface area contributed by atoms with Crippen molar-refractivity contribution in [2.24, 2.45) is 0 Å². The Morgan fingerprint density at radius 3 is 2.93 bits per heavy atom. The van der Waals surface area contributed by atoms with Crippen LogP contribution in [0.3, 0.4) is 0 Å². The molecule has 1 aromatic heterocycles. The normalized spacial score (nSPS) is 10.8. The van der Waals surface area contributed by atoms with Crippen molar-refractivity contribution in [3.63, 3.8) is 0 Å². The van der Waals surface area contributed by atoms with E-state index in [1.165, 1.54) is 0 Å². The second-order valence-corrected chi connectivity index (χ2v) is 4.50. The fourth-order valence-electron chi connectivity index (χ4n) is 1.69. The van der Waals surface area contributed by atoms with Crippen LogP contribution in [-0.2, 0) is 6.42 Å². The van der Waals surface area contributed by atoms with Gasteiger partial charge in [-0.3, -0.25) is 4.79 Å². The molecule has 0 radical (unpaired) electrons. The Morgan fingerprint density at radius 2 is 2.20 bits per heavy atom. The lowest BCUT2D eigenvalue weighted by molar-refractivity contribution is 0.910. The molecule has 1 aromatic carbocycles. The molecule has 1 heterocycles. The Kier molecular flexibility index (Phi) is 2.91. The van der Waals surface area contributed by atoms with Crippen LogP contribution in [0.25, 0.3) is 10.9 Å². The zero-order chi connectivity index (χ0) is 10.8. The first-order valence-electron chi connectivity index (χ1n) is 5.02. The average Bonchev–Trinajstić information content (AvgIpc) is 2.23. The number of aromatic nitrogens is 1. The van der Waals surface area contributed by atoms with Crippen LogP contribution in [0.2, 0.25) is 0 Å². The van der Waals surface area contributed by atoms with E-state index in [4.69, 9.17) is 0 Å². The van der Waals surface area contributed by atoms with Gasteiger partial charge in [-0.15, -0.1) is 0 Å². The summed E-state index contributed by atoms with van der Waals surface area (Å²) < 4.78 is 0.939. The molecule has 0 aliphatic carbocycles. The van der Waals surface area contributed by atoms with Crippen LogP contribution < -0.4 is 5.43 Å². The maximum Gasteiger partial charge on any atom is 0.192 e. The van der Waals surface area contributed by atoms with Crippen molar-refractivity contribution in [1.29, 1.82) is 0 Å². The molecule has 0 saturated heterocycles. The number of rotatable bonds is 2. The number of pyridine rings is 1. The lowest BCUT2D eigenvalue weighted by Crippen LogP contribution is -2.09. The molecule has 2 aromatic rings. The third kappa shape index (κ3) is 1.97. The van der Waals surface area contributed by atoms with Crippen molar-refractivity contribution >= 4 is 26.8 Å². The Morgan fingerprint density at radius 1 is 1.40 bits per heavy atom. The van der Waals surface area contributed by atoms with E-state index in [-0.39, 0.29) is 5.43 Å². The monoisotopic (exact) mass is 265 g/mol. The summed E-state index contributed by atoms with van der Waals surface area (Å²) in [6.07, 6.45) is 3.64. The summed E-state index contributed by atoms with van der Waals surface area (Å²) >= 11 is 3.38. The molecule has 78 valence electrons. The number of nitrogens with one attached hydrogen (secondary N) is 1. The van der Waals surface area contributed by atoms with E-state index < -0.39 is 0 Å². The Bertz CT molecular complexity index is 545. The Labute approximate surface area is 96.5 Å². The van der Waals surface area contributed by atoms with Crippen LogP contribution in [-0.4, -0.2) is 4.98 Å². The predicted molar refractivity (Wildman–Crippen MR) is 66.3 cm³/mol. The topological polar surface area (TPSA) is 32.9 Å². The first-order valence-corrected chi connectivity index (χ1v) is 5.81. The predicted octanol–water partition coefficient (Wildman–Crippen LogP) is 3.24. The number of halogens is 1. The van der Waals surface area contributed by atoms with E-state index in [0.29, 0.717) is 0 Å². The van der Waals surface area contributed by atoms with Gasteiger partial charge in [0.15, 0.2) is 5.43 Å². The molecule has 3 heteroatoms. The van der Waals surface area contributed by atoms with Gasteiger partial charge < -0.3 is 4.98 Å². The van der Waals surface area contributed by atoms with Crippen molar-refractivity contribution in [1.82, 2.24) is 4.98 Å². The van der Waals surface area contributed by atoms with Gasteiger partial charge in [0.1, 0.15) is 0 Å². The molecule has 0 amide bonds. The first-order chi connectivity index (χ1) is 7.22. The molecule has 0 saturated carbocycles. The summed E-state index contributed by atoms with van der Waals surface area (Å²) in [5.41, 5.74) is 1.90. The third-order valence-electron chi connectivity index (χ3n) is 2.44. The van der Waals surface area contributed by atoms with Crippen LogP contribution in [0.4, 0.5) is 0 Å². The maximum absolute atomic E-state index is 12.0. The highest BCUT2D eigenvalue weighted by Gasteiger charge is 2.04. The number of aryl methyl sites for hydroxylation is 1. The van der Waals surface area contributed by atoms with Gasteiger partial charge in [-0.05, 0) is 24.6 Å². The zero-order valence-electron chi connectivity index (χ0n) is 8.51. The first kappa shape index (κ1) is 10.4. The minimum absolute atomic E-state index is 0.145. The van der Waals surface area contributed by atoms with Gasteiger partial charge in [0.2, 0.25) is 0 Å². The molecule has 0 spiro atoms. The molecule has 2 nitrogen and oxygen atoms in total. The second kappa shape index (κ2) is 4.19. The summed E-state index contributed by atoms with van der Waals surface area (Å²) in [6, 6.07) is 5.71. The van der Waals surface area contributed by atoms with E-state index in [9.17, 15) is 4.79 Å². The SMILES string of the molecule is CCCc1c[nH]c2ccc(Br)cc2c1=O. The molecule has 0 aliphatic rings. The minimum Gasteiger partial charge on any atom is -0.361 e. The number of aromatic amines is 1. The fraction of sp³-hybridized carbons (Fsp3) is 0.250. The number of hydrogen-bond acceptors (Lipinski definition) is 1. The molecule has 1 N–H and O–H groups in total. The van der Waals surface area contributed by atoms with Crippen molar-refractivity contribution < 1.29 is 0 Å². The highest BCUT2D eigenvalue weighted by Crippen LogP contribution is 2.15. The van der Waals surface area contributed by atoms with Crippen LogP contribution in [0, 0.1) is 0 Å². The van der Waals surface area contributed by atoms with E-state index in [2.05, 4.69) is 27.8 Å². The molecule has 0 atom stereocenters. The third-order valence-corrected chi connectivity index (χ3v) is 2.93. The number of H-pyrrole nitrogens is 1. The fourth-order valence-corrected chi connectivity index (χ4v) is 2.05. The van der Waals surface area contributed by atoms with Crippen LogP contribution in [0.15, 0.2) is 33.7 Å². The average molecular weight is 266 g/mol. The van der Waals surface area contributed by atoms with Gasteiger partial charge in [-0.25, -0.2) is 0 Å². The molecule has 0 aliphatic heterocycles. The van der Waals surface area contributed by atoms with Gasteiger partial charge >= 0.3 is 0 Å². The summed E-state index contributed by atoms with van der Waals surface area (Å²) in [7, 11) is 0. The van der Waals surface area contributed by atoms with E-state index in [1.54, 1.807) is 0 Å². The van der Waals surface area contributed by atoms with Crippen molar-refractivity contribution in [2.45, 2.75) is 19.8 Å². The van der Waals surface area contributed by atoms with Crippen molar-refractivity contribution in [2.75, 3.05) is 0 Å². The second-order valence-electron chi connectivity index (χ2n) is 3.58. The minimum atomic E-state index is 0.145. The van der Waals surface area contributed by atoms with Crippen LogP contribution in [0.1, 0.15) is 18.9 Å². The highest BCUT2D eigenvalue weighted by molar-refractivity contribution is 9.10. The number of benzene rings is 1. The van der Waals surface area contributed by atoms with E-state index in [1.807, 2.05) is 24.4 Å². The molecule has 0 bridgehead atoms. The van der Waals surface area contributed by atoms with E-state index in [0.717, 1.165) is 33.8 Å².